The topological polar surface area (TPSA) is 52.3 Å². The minimum absolute atomic E-state index is 0.137. The molecule has 64 valence electrons. The number of carbonyl (C=O) groups excluding carboxylic acids is 1. The zero-order valence-corrected chi connectivity index (χ0v) is 6.50. The molecular weight excluding hydrogens is 161 g/mol. The number of hydrogen-bond acceptors (Lipinski definition) is 2. The van der Waals surface area contributed by atoms with E-state index in [9.17, 15) is 9.18 Å². The molecule has 0 unspecified atom stereocenters. The highest BCUT2D eigenvalue weighted by Gasteiger charge is 2.07. The fourth-order valence-electron chi connectivity index (χ4n) is 0.808. The maximum atomic E-state index is 13.0. The quantitative estimate of drug-likeness (QED) is 0.694. The van der Waals surface area contributed by atoms with Crippen LogP contribution in [0.25, 0.3) is 0 Å². The van der Waals surface area contributed by atoms with Crippen molar-refractivity contribution in [1.82, 2.24) is 0 Å². The number of halogens is 1. The number of nitrogens with two attached hydrogens (primary N) is 1. The molecule has 1 amide bonds. The van der Waals surface area contributed by atoms with Crippen LogP contribution < -0.4 is 10.5 Å². The molecule has 4 heteroatoms. The Morgan fingerprint density at radius 1 is 1.58 bits per heavy atom. The van der Waals surface area contributed by atoms with Gasteiger partial charge in [-0.15, -0.1) is 0 Å². The van der Waals surface area contributed by atoms with Gasteiger partial charge in [0.05, 0.1) is 0 Å². The lowest BCUT2D eigenvalue weighted by Gasteiger charge is -2.03. The molecular formula is C8H8FNO2. The summed E-state index contributed by atoms with van der Waals surface area (Å²) in [5.41, 5.74) is 5.13. The van der Waals surface area contributed by atoms with E-state index in [-0.39, 0.29) is 5.75 Å². The Kier molecular flexibility index (Phi) is 2.28. The van der Waals surface area contributed by atoms with Crippen LogP contribution in [0.3, 0.4) is 0 Å². The average Bonchev–Trinajstić information content (AvgIpc) is 1.98. The molecule has 1 rings (SSSR count). The lowest BCUT2D eigenvalue weighted by molar-refractivity contribution is 0.208. The Bertz CT molecular complexity index is 312. The molecule has 0 saturated carbocycles. The van der Waals surface area contributed by atoms with Gasteiger partial charge in [0.2, 0.25) is 0 Å². The summed E-state index contributed by atoms with van der Waals surface area (Å²) in [5.74, 6) is -0.696. The van der Waals surface area contributed by atoms with Gasteiger partial charge in [-0.05, 0) is 18.6 Å². The van der Waals surface area contributed by atoms with E-state index in [4.69, 9.17) is 5.73 Å². The van der Waals surface area contributed by atoms with E-state index in [0.29, 0.717) is 5.56 Å². The Balaban J connectivity index is 3.00. The van der Waals surface area contributed by atoms with Crippen LogP contribution in [0.1, 0.15) is 5.56 Å². The van der Waals surface area contributed by atoms with Crippen LogP contribution in [0.2, 0.25) is 0 Å². The monoisotopic (exact) mass is 169 g/mol. The molecule has 1 aromatic rings. The second-order valence-electron chi connectivity index (χ2n) is 2.31. The number of primary amides is 1. The average molecular weight is 169 g/mol. The predicted molar refractivity (Wildman–Crippen MR) is 41.3 cm³/mol. The Hall–Kier alpha value is -1.58. The highest BCUT2D eigenvalue weighted by atomic mass is 19.1. The third-order valence-electron chi connectivity index (χ3n) is 1.37. The minimum Gasteiger partial charge on any atom is -0.407 e. The number of benzene rings is 1. The van der Waals surface area contributed by atoms with Crippen molar-refractivity contribution in [1.29, 1.82) is 0 Å². The standard InChI is InChI=1S/C8H8FNO2/c1-5-3-2-4-6(7(5)9)12-8(10)11/h2-4H,1H3,(H2,10,11). The zero-order chi connectivity index (χ0) is 9.14. The van der Waals surface area contributed by atoms with Gasteiger partial charge in [-0.3, -0.25) is 0 Å². The molecule has 12 heavy (non-hydrogen) atoms. The predicted octanol–water partition coefficient (Wildman–Crippen LogP) is 1.59. The highest BCUT2D eigenvalue weighted by Crippen LogP contribution is 2.19. The fraction of sp³-hybridized carbons (Fsp3) is 0.125. The first-order valence-electron chi connectivity index (χ1n) is 3.33. The summed E-state index contributed by atoms with van der Waals surface area (Å²) in [6.07, 6.45) is -1.01. The van der Waals surface area contributed by atoms with E-state index in [1.807, 2.05) is 0 Å². The van der Waals surface area contributed by atoms with Gasteiger partial charge in [0.1, 0.15) is 0 Å². The number of carbonyl (C=O) groups is 1. The lowest BCUT2D eigenvalue weighted by atomic mass is 10.2. The maximum absolute atomic E-state index is 13.0. The van der Waals surface area contributed by atoms with E-state index in [1.54, 1.807) is 19.1 Å². The van der Waals surface area contributed by atoms with Gasteiger partial charge in [0, 0.05) is 0 Å². The van der Waals surface area contributed by atoms with E-state index >= 15 is 0 Å². The van der Waals surface area contributed by atoms with Crippen molar-refractivity contribution in [3.63, 3.8) is 0 Å². The van der Waals surface area contributed by atoms with Gasteiger partial charge in [0.15, 0.2) is 11.6 Å². The molecule has 0 radical (unpaired) electrons. The molecule has 0 spiro atoms. The van der Waals surface area contributed by atoms with E-state index < -0.39 is 11.9 Å². The second-order valence-corrected chi connectivity index (χ2v) is 2.31. The molecule has 0 atom stereocenters. The first kappa shape index (κ1) is 8.52. The van der Waals surface area contributed by atoms with Gasteiger partial charge >= 0.3 is 6.09 Å². The normalized spacial score (nSPS) is 9.50. The summed E-state index contributed by atoms with van der Waals surface area (Å²) in [6, 6.07) is 4.49. The van der Waals surface area contributed by atoms with Crippen LogP contribution in [0.5, 0.6) is 5.75 Å². The van der Waals surface area contributed by atoms with Crippen molar-refractivity contribution in [2.45, 2.75) is 6.92 Å². The van der Waals surface area contributed by atoms with Crippen molar-refractivity contribution in [2.75, 3.05) is 0 Å². The Morgan fingerprint density at radius 3 is 2.83 bits per heavy atom. The van der Waals surface area contributed by atoms with Crippen molar-refractivity contribution < 1.29 is 13.9 Å². The molecule has 0 aliphatic rings. The van der Waals surface area contributed by atoms with Crippen molar-refractivity contribution in [2.24, 2.45) is 5.73 Å². The van der Waals surface area contributed by atoms with Crippen LogP contribution in [0.15, 0.2) is 18.2 Å². The number of amides is 1. The van der Waals surface area contributed by atoms with Gasteiger partial charge in [-0.1, -0.05) is 12.1 Å². The van der Waals surface area contributed by atoms with Gasteiger partial charge in [0.25, 0.3) is 0 Å². The molecule has 0 aliphatic heterocycles. The summed E-state index contributed by atoms with van der Waals surface area (Å²) >= 11 is 0. The van der Waals surface area contributed by atoms with Crippen molar-refractivity contribution in [3.8, 4) is 5.75 Å². The fourth-order valence-corrected chi connectivity index (χ4v) is 0.808. The van der Waals surface area contributed by atoms with Crippen LogP contribution in [0, 0.1) is 12.7 Å². The SMILES string of the molecule is Cc1cccc(OC(N)=O)c1F. The first-order chi connectivity index (χ1) is 5.61. The molecule has 0 saturated heterocycles. The van der Waals surface area contributed by atoms with Gasteiger partial charge < -0.3 is 10.5 Å². The van der Waals surface area contributed by atoms with Crippen molar-refractivity contribution >= 4 is 6.09 Å². The summed E-state index contributed by atoms with van der Waals surface area (Å²) in [7, 11) is 0. The Morgan fingerprint density at radius 2 is 2.25 bits per heavy atom. The minimum atomic E-state index is -1.01. The third kappa shape index (κ3) is 1.72. The van der Waals surface area contributed by atoms with Gasteiger partial charge in [-0.2, -0.15) is 0 Å². The molecule has 1 aromatic carbocycles. The van der Waals surface area contributed by atoms with Crippen LogP contribution in [-0.4, -0.2) is 6.09 Å². The summed E-state index contributed by atoms with van der Waals surface area (Å²) in [5, 5.41) is 0. The lowest BCUT2D eigenvalue weighted by Crippen LogP contribution is -2.17. The van der Waals surface area contributed by atoms with E-state index in [0.717, 1.165) is 0 Å². The van der Waals surface area contributed by atoms with E-state index in [1.165, 1.54) is 6.07 Å². The molecule has 2 N–H and O–H groups in total. The van der Waals surface area contributed by atoms with Crippen LogP contribution in [-0.2, 0) is 0 Å². The number of hydrogen-bond donors (Lipinski definition) is 1. The molecule has 3 nitrogen and oxygen atoms in total. The van der Waals surface area contributed by atoms with Crippen LogP contribution >= 0.6 is 0 Å². The smallest absolute Gasteiger partial charge is 0.407 e. The molecule has 0 heterocycles. The molecule has 0 aromatic heterocycles. The number of aryl methyl sites for hydroxylation is 1. The summed E-state index contributed by atoms with van der Waals surface area (Å²) in [6.45, 7) is 1.57. The van der Waals surface area contributed by atoms with Gasteiger partial charge in [-0.25, -0.2) is 9.18 Å². The highest BCUT2D eigenvalue weighted by molar-refractivity contribution is 5.68. The summed E-state index contributed by atoms with van der Waals surface area (Å²) < 4.78 is 17.4. The number of ether oxygens (including phenoxy) is 1. The molecule has 0 bridgehead atoms. The third-order valence-corrected chi connectivity index (χ3v) is 1.37. The molecule has 0 aliphatic carbocycles. The Labute approximate surface area is 68.9 Å². The van der Waals surface area contributed by atoms with E-state index in [2.05, 4.69) is 4.74 Å². The van der Waals surface area contributed by atoms with Crippen LogP contribution in [0.4, 0.5) is 9.18 Å². The molecule has 0 fully saturated rings. The second kappa shape index (κ2) is 3.21. The first-order valence-corrected chi connectivity index (χ1v) is 3.33. The zero-order valence-electron chi connectivity index (χ0n) is 6.50. The summed E-state index contributed by atoms with van der Waals surface area (Å²) in [4.78, 5) is 10.3. The largest absolute Gasteiger partial charge is 0.410 e. The maximum Gasteiger partial charge on any atom is 0.410 e. The van der Waals surface area contributed by atoms with Crippen molar-refractivity contribution in [3.05, 3.63) is 29.6 Å². The number of rotatable bonds is 1.